The first-order valence-electron chi connectivity index (χ1n) is 10.4. The zero-order valence-electron chi connectivity index (χ0n) is 18.8. The van der Waals surface area contributed by atoms with E-state index in [1.54, 1.807) is 34.6 Å². The minimum absolute atomic E-state index is 0.0734. The Hall–Kier alpha value is -3.10. The molecule has 0 spiro atoms. The molecule has 9 nitrogen and oxygen atoms in total. The van der Waals surface area contributed by atoms with E-state index in [2.05, 4.69) is 16.0 Å². The quantitative estimate of drug-likeness (QED) is 0.455. The van der Waals surface area contributed by atoms with Crippen molar-refractivity contribution < 1.29 is 28.7 Å². The van der Waals surface area contributed by atoms with E-state index >= 15 is 0 Å². The summed E-state index contributed by atoms with van der Waals surface area (Å²) < 4.78 is 9.97. The van der Waals surface area contributed by atoms with Crippen LogP contribution in [-0.2, 0) is 30.5 Å². The Morgan fingerprint density at radius 3 is 1.97 bits per heavy atom. The second-order valence-electron chi connectivity index (χ2n) is 7.68. The van der Waals surface area contributed by atoms with E-state index in [1.807, 2.05) is 30.3 Å². The van der Waals surface area contributed by atoms with E-state index in [1.165, 1.54) is 0 Å². The van der Waals surface area contributed by atoms with Crippen molar-refractivity contribution >= 4 is 23.9 Å². The number of hydrogen-bond acceptors (Lipinski definition) is 6. The highest BCUT2D eigenvalue weighted by molar-refractivity contribution is 5.92. The fourth-order valence-electron chi connectivity index (χ4n) is 2.69. The Labute approximate surface area is 183 Å². The summed E-state index contributed by atoms with van der Waals surface area (Å²) in [5.74, 6) is -2.08. The first kappa shape index (κ1) is 25.9. The number of nitrogens with one attached hydrogen (secondary N) is 3. The molecule has 3 amide bonds. The monoisotopic (exact) mass is 435 g/mol. The molecule has 31 heavy (non-hydrogen) atoms. The van der Waals surface area contributed by atoms with Gasteiger partial charge in [0.2, 0.25) is 11.8 Å². The second kappa shape index (κ2) is 13.3. The molecule has 0 aliphatic rings. The van der Waals surface area contributed by atoms with Crippen molar-refractivity contribution in [3.63, 3.8) is 0 Å². The summed E-state index contributed by atoms with van der Waals surface area (Å²) in [7, 11) is 0. The third-order valence-electron chi connectivity index (χ3n) is 4.39. The maximum absolute atomic E-state index is 12.8. The van der Waals surface area contributed by atoms with Crippen LogP contribution in [0.4, 0.5) is 4.79 Å². The third-order valence-corrected chi connectivity index (χ3v) is 4.39. The third kappa shape index (κ3) is 9.50. The highest BCUT2D eigenvalue weighted by atomic mass is 16.5. The molecule has 0 aliphatic heterocycles. The average molecular weight is 436 g/mol. The Morgan fingerprint density at radius 2 is 1.42 bits per heavy atom. The maximum atomic E-state index is 12.8. The van der Waals surface area contributed by atoms with Crippen molar-refractivity contribution in [2.75, 3.05) is 13.2 Å². The minimum Gasteiger partial charge on any atom is -0.465 e. The van der Waals surface area contributed by atoms with Crippen LogP contribution < -0.4 is 16.0 Å². The van der Waals surface area contributed by atoms with Crippen LogP contribution in [0.2, 0.25) is 0 Å². The summed E-state index contributed by atoms with van der Waals surface area (Å²) in [4.78, 5) is 48.9. The van der Waals surface area contributed by atoms with Crippen LogP contribution in [-0.4, -0.2) is 49.1 Å². The SMILES string of the molecule is CCOC(=O)CNC(=O)[C@@H](NC(=O)[C@@H](NC(=O)OCc1ccccc1)C(C)C)C(C)C. The second-order valence-corrected chi connectivity index (χ2v) is 7.68. The summed E-state index contributed by atoms with van der Waals surface area (Å²) in [6.07, 6.45) is -0.731. The Kier molecular flexibility index (Phi) is 11.1. The van der Waals surface area contributed by atoms with Gasteiger partial charge in [-0.15, -0.1) is 0 Å². The van der Waals surface area contributed by atoms with Gasteiger partial charge in [0, 0.05) is 0 Å². The molecule has 172 valence electrons. The lowest BCUT2D eigenvalue weighted by atomic mass is 10.00. The van der Waals surface area contributed by atoms with Gasteiger partial charge in [-0.25, -0.2) is 4.79 Å². The smallest absolute Gasteiger partial charge is 0.408 e. The lowest BCUT2D eigenvalue weighted by Gasteiger charge is -2.26. The standard InChI is InChI=1S/C22H33N3O6/c1-6-30-17(26)12-23-20(27)18(14(2)3)24-21(28)19(15(4)5)25-22(29)31-13-16-10-8-7-9-11-16/h7-11,14-15,18-19H,6,12-13H2,1-5H3,(H,23,27)(H,24,28)(H,25,29)/t18-,19-/m0/s1. The molecule has 2 atom stereocenters. The van der Waals surface area contributed by atoms with E-state index in [0.29, 0.717) is 0 Å². The molecule has 0 aromatic heterocycles. The van der Waals surface area contributed by atoms with Crippen molar-refractivity contribution in [2.24, 2.45) is 11.8 Å². The Bertz CT molecular complexity index is 736. The molecule has 0 aliphatic carbocycles. The molecule has 3 N–H and O–H groups in total. The molecule has 0 unspecified atom stereocenters. The van der Waals surface area contributed by atoms with Gasteiger partial charge in [0.1, 0.15) is 25.2 Å². The topological polar surface area (TPSA) is 123 Å². The summed E-state index contributed by atoms with van der Waals surface area (Å²) >= 11 is 0. The predicted molar refractivity (Wildman–Crippen MR) is 115 cm³/mol. The number of esters is 1. The van der Waals surface area contributed by atoms with Crippen molar-refractivity contribution in [3.05, 3.63) is 35.9 Å². The molecule has 1 aromatic rings. The summed E-state index contributed by atoms with van der Waals surface area (Å²) in [5, 5.41) is 7.68. The van der Waals surface area contributed by atoms with E-state index in [9.17, 15) is 19.2 Å². The first-order chi connectivity index (χ1) is 14.6. The van der Waals surface area contributed by atoms with Gasteiger partial charge in [0.15, 0.2) is 0 Å². The van der Waals surface area contributed by atoms with Crippen LogP contribution in [0, 0.1) is 11.8 Å². The van der Waals surface area contributed by atoms with Crippen LogP contribution >= 0.6 is 0 Å². The normalized spacial score (nSPS) is 12.6. The molecule has 0 saturated heterocycles. The highest BCUT2D eigenvalue weighted by Crippen LogP contribution is 2.08. The van der Waals surface area contributed by atoms with E-state index in [0.717, 1.165) is 5.56 Å². The molecule has 0 bridgehead atoms. The first-order valence-corrected chi connectivity index (χ1v) is 10.4. The van der Waals surface area contributed by atoms with E-state index in [4.69, 9.17) is 9.47 Å². The molecule has 9 heteroatoms. The van der Waals surface area contributed by atoms with Gasteiger partial charge >= 0.3 is 12.1 Å². The lowest BCUT2D eigenvalue weighted by Crippen LogP contribution is -2.57. The number of carbonyl (C=O) groups excluding carboxylic acids is 4. The molecule has 1 aromatic carbocycles. The van der Waals surface area contributed by atoms with Gasteiger partial charge in [-0.2, -0.15) is 0 Å². The largest absolute Gasteiger partial charge is 0.465 e. The van der Waals surface area contributed by atoms with Crippen LogP contribution in [0.3, 0.4) is 0 Å². The number of rotatable bonds is 11. The zero-order valence-corrected chi connectivity index (χ0v) is 18.8. The number of benzene rings is 1. The molecular formula is C22H33N3O6. The fraction of sp³-hybridized carbons (Fsp3) is 0.545. The van der Waals surface area contributed by atoms with Gasteiger partial charge in [-0.3, -0.25) is 14.4 Å². The lowest BCUT2D eigenvalue weighted by molar-refractivity contribution is -0.143. The van der Waals surface area contributed by atoms with Crippen molar-refractivity contribution in [1.82, 2.24) is 16.0 Å². The van der Waals surface area contributed by atoms with Crippen LogP contribution in [0.15, 0.2) is 30.3 Å². The number of hydrogen-bond donors (Lipinski definition) is 3. The Balaban J connectivity index is 2.68. The average Bonchev–Trinajstić information content (AvgIpc) is 2.73. The molecular weight excluding hydrogens is 402 g/mol. The summed E-state index contributed by atoms with van der Waals surface area (Å²) in [6.45, 7) is 8.73. The number of alkyl carbamates (subject to hydrolysis) is 1. The molecule has 0 heterocycles. The van der Waals surface area contributed by atoms with Crippen LogP contribution in [0.25, 0.3) is 0 Å². The van der Waals surface area contributed by atoms with Gasteiger partial charge in [-0.05, 0) is 24.3 Å². The zero-order chi connectivity index (χ0) is 23.4. The van der Waals surface area contributed by atoms with Crippen molar-refractivity contribution in [3.8, 4) is 0 Å². The van der Waals surface area contributed by atoms with Gasteiger partial charge in [-0.1, -0.05) is 58.0 Å². The Morgan fingerprint density at radius 1 is 0.839 bits per heavy atom. The predicted octanol–water partition coefficient (Wildman–Crippen LogP) is 1.76. The summed E-state index contributed by atoms with van der Waals surface area (Å²) in [5.41, 5.74) is 0.821. The minimum atomic E-state index is -0.901. The molecule has 1 rings (SSSR count). The van der Waals surface area contributed by atoms with Crippen molar-refractivity contribution in [2.45, 2.75) is 53.3 Å². The van der Waals surface area contributed by atoms with Gasteiger partial charge < -0.3 is 25.4 Å². The number of ether oxygens (including phenoxy) is 2. The van der Waals surface area contributed by atoms with E-state index < -0.39 is 36.0 Å². The molecule has 0 fully saturated rings. The van der Waals surface area contributed by atoms with Gasteiger partial charge in [0.05, 0.1) is 6.61 Å². The van der Waals surface area contributed by atoms with E-state index in [-0.39, 0.29) is 31.6 Å². The van der Waals surface area contributed by atoms with Gasteiger partial charge in [0.25, 0.3) is 0 Å². The fourth-order valence-corrected chi connectivity index (χ4v) is 2.69. The summed E-state index contributed by atoms with van der Waals surface area (Å²) in [6, 6.07) is 7.38. The maximum Gasteiger partial charge on any atom is 0.408 e. The molecule has 0 saturated carbocycles. The van der Waals surface area contributed by atoms with Crippen LogP contribution in [0.1, 0.15) is 40.2 Å². The van der Waals surface area contributed by atoms with Crippen molar-refractivity contribution in [1.29, 1.82) is 0 Å². The number of amides is 3. The number of carbonyl (C=O) groups is 4. The van der Waals surface area contributed by atoms with Crippen LogP contribution in [0.5, 0.6) is 0 Å². The highest BCUT2D eigenvalue weighted by Gasteiger charge is 2.30. The molecule has 0 radical (unpaired) electrons.